The fourth-order valence-electron chi connectivity index (χ4n) is 4.54. The second-order valence-electron chi connectivity index (χ2n) is 7.49. The molecule has 0 N–H and O–H groups in total. The van der Waals surface area contributed by atoms with Crippen LogP contribution in [-0.4, -0.2) is 36.7 Å². The van der Waals surface area contributed by atoms with E-state index in [4.69, 9.17) is 0 Å². The van der Waals surface area contributed by atoms with E-state index in [2.05, 4.69) is 25.7 Å². The van der Waals surface area contributed by atoms with Crippen LogP contribution in [0.5, 0.6) is 0 Å². The molecule has 2 aliphatic rings. The van der Waals surface area contributed by atoms with E-state index in [1.54, 1.807) is 0 Å². The highest BCUT2D eigenvalue weighted by Gasteiger charge is 2.37. The van der Waals surface area contributed by atoms with E-state index in [1.165, 1.54) is 25.7 Å². The van der Waals surface area contributed by atoms with E-state index in [0.717, 1.165) is 36.7 Å². The molecule has 0 bridgehead atoms. The molecule has 0 aromatic carbocycles. The van der Waals surface area contributed by atoms with E-state index in [1.807, 2.05) is 30.8 Å². The normalized spacial score (nSPS) is 21.4. The van der Waals surface area contributed by atoms with Gasteiger partial charge in [0.15, 0.2) is 0 Å². The van der Waals surface area contributed by atoms with Crippen molar-refractivity contribution in [3.63, 3.8) is 0 Å². The van der Waals surface area contributed by atoms with Gasteiger partial charge in [-0.25, -0.2) is 4.98 Å². The molecule has 0 saturated heterocycles. The van der Waals surface area contributed by atoms with Gasteiger partial charge in [0.2, 0.25) is 5.91 Å². The lowest BCUT2D eigenvalue weighted by Crippen LogP contribution is -2.40. The molecule has 1 aliphatic heterocycles. The molecule has 4 rings (SSSR count). The predicted octanol–water partition coefficient (Wildman–Crippen LogP) is 2.86. The lowest BCUT2D eigenvalue weighted by Gasteiger charge is -2.33. The number of fused-ring (bicyclic) bond motifs is 1. The summed E-state index contributed by atoms with van der Waals surface area (Å²) in [5.41, 5.74) is 2.00. The lowest BCUT2D eigenvalue weighted by atomic mass is 9.95. The Hall–Kier alpha value is -2.11. The molecule has 0 spiro atoms. The van der Waals surface area contributed by atoms with Gasteiger partial charge in [0, 0.05) is 31.2 Å². The average molecular weight is 341 g/mol. The Morgan fingerprint density at radius 2 is 2.00 bits per heavy atom. The number of nitrogens with zero attached hydrogens (tertiary/aromatic N) is 5. The van der Waals surface area contributed by atoms with Crippen LogP contribution in [0.2, 0.25) is 0 Å². The molecular formula is C19H27N5O. The van der Waals surface area contributed by atoms with Crippen LogP contribution in [0, 0.1) is 19.8 Å². The molecule has 2 aromatic heterocycles. The van der Waals surface area contributed by atoms with Gasteiger partial charge in [0.05, 0.1) is 11.7 Å². The first-order chi connectivity index (χ1) is 12.1. The lowest BCUT2D eigenvalue weighted by molar-refractivity contribution is -0.136. The first-order valence-electron chi connectivity index (χ1n) is 9.45. The second kappa shape index (κ2) is 6.65. The van der Waals surface area contributed by atoms with Crippen molar-refractivity contribution in [1.29, 1.82) is 0 Å². The minimum absolute atomic E-state index is 0.115. The summed E-state index contributed by atoms with van der Waals surface area (Å²) in [5.74, 6) is 1.77. The molecule has 3 heterocycles. The molecule has 1 aliphatic carbocycles. The largest absolute Gasteiger partial charge is 0.333 e. The monoisotopic (exact) mass is 341 g/mol. The average Bonchev–Trinajstić information content (AvgIpc) is 3.29. The zero-order valence-electron chi connectivity index (χ0n) is 15.2. The quantitative estimate of drug-likeness (QED) is 0.862. The molecule has 1 atom stereocenters. The van der Waals surface area contributed by atoms with Gasteiger partial charge >= 0.3 is 0 Å². The highest BCUT2D eigenvalue weighted by molar-refractivity contribution is 5.76. The molecule has 25 heavy (non-hydrogen) atoms. The summed E-state index contributed by atoms with van der Waals surface area (Å²) in [6.07, 6.45) is 9.85. The number of hydrogen-bond acceptors (Lipinski definition) is 3. The van der Waals surface area contributed by atoms with Crippen molar-refractivity contribution < 1.29 is 4.79 Å². The van der Waals surface area contributed by atoms with Crippen LogP contribution in [0.1, 0.15) is 55.4 Å². The Balaban J connectivity index is 1.63. The summed E-state index contributed by atoms with van der Waals surface area (Å²) in [4.78, 5) is 20.0. The third-order valence-corrected chi connectivity index (χ3v) is 5.70. The zero-order valence-corrected chi connectivity index (χ0v) is 15.2. The molecule has 1 amide bonds. The number of aromatic nitrogens is 4. The SMILES string of the molecule is Cc1cc(C)n(CC(=O)N2CCCn3ccnc3C2C2CCCC2)n1. The fraction of sp³-hybridized carbons (Fsp3) is 0.632. The third-order valence-electron chi connectivity index (χ3n) is 5.70. The minimum atomic E-state index is 0.115. The van der Waals surface area contributed by atoms with Crippen molar-refractivity contribution in [3.8, 4) is 0 Å². The molecule has 1 unspecified atom stereocenters. The smallest absolute Gasteiger partial charge is 0.244 e. The van der Waals surface area contributed by atoms with Gasteiger partial charge in [0.1, 0.15) is 12.4 Å². The molecule has 134 valence electrons. The van der Waals surface area contributed by atoms with Gasteiger partial charge in [-0.1, -0.05) is 12.8 Å². The van der Waals surface area contributed by atoms with E-state index in [0.29, 0.717) is 12.5 Å². The molecule has 2 aromatic rings. The summed E-state index contributed by atoms with van der Waals surface area (Å²) in [6, 6.07) is 2.14. The van der Waals surface area contributed by atoms with Crippen LogP contribution in [0.4, 0.5) is 0 Å². The first-order valence-corrected chi connectivity index (χ1v) is 9.45. The molecule has 6 nitrogen and oxygen atoms in total. The molecule has 1 fully saturated rings. The van der Waals surface area contributed by atoms with E-state index in [9.17, 15) is 4.79 Å². The van der Waals surface area contributed by atoms with E-state index < -0.39 is 0 Å². The van der Waals surface area contributed by atoms with Crippen LogP contribution in [0.15, 0.2) is 18.5 Å². The zero-order chi connectivity index (χ0) is 17.4. The van der Waals surface area contributed by atoms with Crippen LogP contribution in [0.25, 0.3) is 0 Å². The fourth-order valence-corrected chi connectivity index (χ4v) is 4.54. The summed E-state index contributed by atoms with van der Waals surface area (Å²) in [6.45, 7) is 6.06. The number of aryl methyl sites for hydroxylation is 3. The Bertz CT molecular complexity index is 756. The van der Waals surface area contributed by atoms with Crippen LogP contribution in [0.3, 0.4) is 0 Å². The number of carbonyl (C=O) groups excluding carboxylic acids is 1. The van der Waals surface area contributed by atoms with Gasteiger partial charge in [0.25, 0.3) is 0 Å². The number of hydrogen-bond donors (Lipinski definition) is 0. The third kappa shape index (κ3) is 3.10. The maximum absolute atomic E-state index is 13.2. The Morgan fingerprint density at radius 1 is 1.20 bits per heavy atom. The van der Waals surface area contributed by atoms with Gasteiger partial charge in [-0.2, -0.15) is 5.10 Å². The van der Waals surface area contributed by atoms with Crippen LogP contribution >= 0.6 is 0 Å². The molecule has 1 saturated carbocycles. The van der Waals surface area contributed by atoms with E-state index in [-0.39, 0.29) is 11.9 Å². The number of amides is 1. The van der Waals surface area contributed by atoms with Crippen molar-refractivity contribution in [2.24, 2.45) is 5.92 Å². The van der Waals surface area contributed by atoms with Gasteiger partial charge in [-0.15, -0.1) is 0 Å². The van der Waals surface area contributed by atoms with Gasteiger partial charge in [-0.05, 0) is 45.1 Å². The van der Waals surface area contributed by atoms with Gasteiger partial charge < -0.3 is 9.47 Å². The van der Waals surface area contributed by atoms with Crippen LogP contribution < -0.4 is 0 Å². The Kier molecular flexibility index (Phi) is 4.36. The van der Waals surface area contributed by atoms with Crippen molar-refractivity contribution >= 4 is 5.91 Å². The highest BCUT2D eigenvalue weighted by Crippen LogP contribution is 2.40. The maximum atomic E-state index is 13.2. The number of carbonyl (C=O) groups is 1. The maximum Gasteiger partial charge on any atom is 0.244 e. The topological polar surface area (TPSA) is 56.0 Å². The molecule has 6 heteroatoms. The molecular weight excluding hydrogens is 314 g/mol. The second-order valence-corrected chi connectivity index (χ2v) is 7.49. The van der Waals surface area contributed by atoms with Crippen molar-refractivity contribution in [1.82, 2.24) is 24.2 Å². The van der Waals surface area contributed by atoms with E-state index >= 15 is 0 Å². The predicted molar refractivity (Wildman–Crippen MR) is 95.0 cm³/mol. The molecule has 0 radical (unpaired) electrons. The Morgan fingerprint density at radius 3 is 2.72 bits per heavy atom. The summed E-state index contributed by atoms with van der Waals surface area (Å²) < 4.78 is 4.08. The first kappa shape index (κ1) is 16.4. The van der Waals surface area contributed by atoms with Gasteiger partial charge in [-0.3, -0.25) is 9.48 Å². The Labute approximate surface area is 148 Å². The number of rotatable bonds is 3. The van der Waals surface area contributed by atoms with Crippen molar-refractivity contribution in [2.75, 3.05) is 6.54 Å². The number of imidazole rings is 1. The summed E-state index contributed by atoms with van der Waals surface area (Å²) in [7, 11) is 0. The highest BCUT2D eigenvalue weighted by atomic mass is 16.2. The van der Waals surface area contributed by atoms with Crippen molar-refractivity contribution in [3.05, 3.63) is 35.7 Å². The summed E-state index contributed by atoms with van der Waals surface area (Å²) in [5, 5.41) is 4.47. The van der Waals surface area contributed by atoms with Crippen LogP contribution in [-0.2, 0) is 17.9 Å². The summed E-state index contributed by atoms with van der Waals surface area (Å²) >= 11 is 0. The minimum Gasteiger partial charge on any atom is -0.333 e. The standard InChI is InChI=1S/C19H27N5O/c1-14-12-15(2)24(21-14)13-17(25)23-10-5-9-22-11-8-20-19(22)18(23)16-6-3-4-7-16/h8,11-12,16,18H,3-7,9-10,13H2,1-2H3. The van der Waals surface area contributed by atoms with Crippen molar-refractivity contribution in [2.45, 2.75) is 65.1 Å².